The number of thioether (sulfide) groups is 1. The van der Waals surface area contributed by atoms with Crippen molar-refractivity contribution < 1.29 is 14.4 Å². The molecule has 1 fully saturated rings. The number of hydrogen-bond donors (Lipinski definition) is 1. The van der Waals surface area contributed by atoms with Crippen molar-refractivity contribution in [2.24, 2.45) is 7.05 Å². The highest BCUT2D eigenvalue weighted by Gasteiger charge is 2.36. The van der Waals surface area contributed by atoms with E-state index < -0.39 is 17.1 Å². The first-order valence-electron chi connectivity index (χ1n) is 10.3. The summed E-state index contributed by atoms with van der Waals surface area (Å²) in [6, 6.07) is 11.9. The summed E-state index contributed by atoms with van der Waals surface area (Å²) < 4.78 is 2.06. The Morgan fingerprint density at radius 3 is 2.41 bits per heavy atom. The third-order valence-electron chi connectivity index (χ3n) is 5.84. The molecule has 0 aliphatic carbocycles. The van der Waals surface area contributed by atoms with Gasteiger partial charge in [0.25, 0.3) is 11.1 Å². The highest BCUT2D eigenvalue weighted by molar-refractivity contribution is 8.18. The minimum Gasteiger partial charge on any atom is -0.347 e. The average molecular weight is 448 g/mol. The van der Waals surface area contributed by atoms with Gasteiger partial charge in [0.1, 0.15) is 6.54 Å². The zero-order valence-electron chi connectivity index (χ0n) is 18.8. The van der Waals surface area contributed by atoms with Crippen molar-refractivity contribution in [3.05, 3.63) is 69.3 Å². The van der Waals surface area contributed by atoms with Gasteiger partial charge >= 0.3 is 0 Å². The first-order valence-corrected chi connectivity index (χ1v) is 11.2. The van der Waals surface area contributed by atoms with E-state index in [1.807, 2.05) is 71.1 Å². The van der Waals surface area contributed by atoms with E-state index in [0.717, 1.165) is 61.2 Å². The zero-order valence-corrected chi connectivity index (χ0v) is 19.6. The van der Waals surface area contributed by atoms with Gasteiger partial charge in [-0.05, 0) is 62.7 Å². The van der Waals surface area contributed by atoms with E-state index in [4.69, 9.17) is 0 Å². The largest absolute Gasteiger partial charge is 0.347 e. The van der Waals surface area contributed by atoms with Gasteiger partial charge in [-0.2, -0.15) is 0 Å². The molecule has 1 N–H and O–H groups in total. The maximum absolute atomic E-state index is 13.0. The second kappa shape index (κ2) is 8.31. The van der Waals surface area contributed by atoms with Crippen LogP contribution in [0.4, 0.5) is 10.5 Å². The summed E-state index contributed by atoms with van der Waals surface area (Å²) in [6.07, 6.45) is 1.76. The predicted molar refractivity (Wildman–Crippen MR) is 130 cm³/mol. The molecule has 3 amide bonds. The molecule has 164 valence electrons. The normalized spacial score (nSPS) is 15.3. The molecule has 0 radical (unpaired) electrons. The Bertz CT molecular complexity index is 1300. The number of rotatable bonds is 4. The maximum Gasteiger partial charge on any atom is 0.294 e. The first-order chi connectivity index (χ1) is 15.2. The van der Waals surface area contributed by atoms with Crippen LogP contribution in [-0.2, 0) is 16.6 Å². The van der Waals surface area contributed by atoms with Gasteiger partial charge in [-0.3, -0.25) is 19.3 Å². The number of benzene rings is 2. The lowest BCUT2D eigenvalue weighted by atomic mass is 10.1. The summed E-state index contributed by atoms with van der Waals surface area (Å²) in [6.45, 7) is 7.50. The monoisotopic (exact) mass is 447 g/mol. The van der Waals surface area contributed by atoms with Crippen LogP contribution in [0.1, 0.15) is 27.9 Å². The number of carbonyl (C=O) groups excluding carboxylic acids is 3. The number of imide groups is 1. The quantitative estimate of drug-likeness (QED) is 0.566. The molecule has 32 heavy (non-hydrogen) atoms. The number of amides is 3. The number of carbonyl (C=O) groups is 3. The highest BCUT2D eigenvalue weighted by Crippen LogP contribution is 2.35. The van der Waals surface area contributed by atoms with Crippen molar-refractivity contribution >= 4 is 51.5 Å². The van der Waals surface area contributed by atoms with E-state index in [0.29, 0.717) is 4.91 Å². The van der Waals surface area contributed by atoms with Gasteiger partial charge in [-0.25, -0.2) is 0 Å². The molecule has 0 bridgehead atoms. The molecule has 1 saturated heterocycles. The fourth-order valence-electron chi connectivity index (χ4n) is 4.20. The fraction of sp³-hybridized carbons (Fsp3) is 0.240. The summed E-state index contributed by atoms with van der Waals surface area (Å²) in [5.74, 6) is -0.843. The van der Waals surface area contributed by atoms with Crippen LogP contribution in [0.15, 0.2) is 41.3 Å². The zero-order chi connectivity index (χ0) is 23.2. The Morgan fingerprint density at radius 2 is 1.72 bits per heavy atom. The summed E-state index contributed by atoms with van der Waals surface area (Å²) >= 11 is 0.869. The minimum absolute atomic E-state index is 0.316. The summed E-state index contributed by atoms with van der Waals surface area (Å²) in [7, 11) is 1.97. The highest BCUT2D eigenvalue weighted by atomic mass is 32.2. The number of aromatic nitrogens is 1. The van der Waals surface area contributed by atoms with Gasteiger partial charge in [-0.1, -0.05) is 35.9 Å². The molecule has 1 aliphatic heterocycles. The summed E-state index contributed by atoms with van der Waals surface area (Å²) in [5.41, 5.74) is 6.67. The molecular weight excluding hydrogens is 422 g/mol. The van der Waals surface area contributed by atoms with Gasteiger partial charge in [0.05, 0.1) is 4.91 Å². The van der Waals surface area contributed by atoms with Crippen LogP contribution in [0.5, 0.6) is 0 Å². The molecule has 0 saturated carbocycles. The number of para-hydroxylation sites is 1. The van der Waals surface area contributed by atoms with E-state index in [1.54, 1.807) is 6.08 Å². The number of nitrogens with zero attached hydrogens (tertiary/aromatic N) is 2. The minimum atomic E-state index is -0.445. The SMILES string of the molecule is Cc1cc(C)c(NC(=O)CN2C(=O)S/C(=C/c3c(C)n(C)c4ccccc34)C2=O)c(C)c1. The van der Waals surface area contributed by atoms with Gasteiger partial charge in [0.2, 0.25) is 5.91 Å². The lowest BCUT2D eigenvalue weighted by Gasteiger charge is -2.15. The van der Waals surface area contributed by atoms with Crippen LogP contribution >= 0.6 is 11.8 Å². The number of aryl methyl sites for hydroxylation is 4. The smallest absolute Gasteiger partial charge is 0.294 e. The van der Waals surface area contributed by atoms with Crippen molar-refractivity contribution in [1.82, 2.24) is 9.47 Å². The van der Waals surface area contributed by atoms with Crippen molar-refractivity contribution in [2.75, 3.05) is 11.9 Å². The second-order valence-electron chi connectivity index (χ2n) is 8.17. The molecule has 1 aromatic heterocycles. The Hall–Kier alpha value is -3.32. The van der Waals surface area contributed by atoms with Crippen LogP contribution < -0.4 is 5.32 Å². The molecule has 2 heterocycles. The lowest BCUT2D eigenvalue weighted by Crippen LogP contribution is -2.36. The van der Waals surface area contributed by atoms with Crippen LogP contribution in [-0.4, -0.2) is 33.1 Å². The Morgan fingerprint density at radius 1 is 1.06 bits per heavy atom. The molecule has 0 spiro atoms. The van der Waals surface area contributed by atoms with Gasteiger partial charge in [0.15, 0.2) is 0 Å². The summed E-state index contributed by atoms with van der Waals surface area (Å²) in [4.78, 5) is 39.5. The van der Waals surface area contributed by atoms with E-state index in [1.165, 1.54) is 0 Å². The third kappa shape index (κ3) is 3.84. The van der Waals surface area contributed by atoms with Crippen LogP contribution in [0, 0.1) is 27.7 Å². The number of nitrogens with one attached hydrogen (secondary N) is 1. The molecule has 6 nitrogen and oxygen atoms in total. The van der Waals surface area contributed by atoms with Crippen molar-refractivity contribution in [1.29, 1.82) is 0 Å². The molecule has 7 heteroatoms. The fourth-order valence-corrected chi connectivity index (χ4v) is 5.02. The molecule has 0 atom stereocenters. The van der Waals surface area contributed by atoms with E-state index in [-0.39, 0.29) is 6.54 Å². The summed E-state index contributed by atoms with van der Waals surface area (Å²) in [5, 5.41) is 3.44. The van der Waals surface area contributed by atoms with Gasteiger partial charge in [0, 0.05) is 34.9 Å². The van der Waals surface area contributed by atoms with E-state index in [9.17, 15) is 14.4 Å². The Kier molecular flexibility index (Phi) is 5.69. The van der Waals surface area contributed by atoms with Gasteiger partial charge < -0.3 is 9.88 Å². The molecule has 1 aliphatic rings. The molecule has 4 rings (SSSR count). The van der Waals surface area contributed by atoms with Crippen molar-refractivity contribution in [3.8, 4) is 0 Å². The second-order valence-corrected chi connectivity index (χ2v) is 9.16. The number of hydrogen-bond acceptors (Lipinski definition) is 4. The third-order valence-corrected chi connectivity index (χ3v) is 6.75. The predicted octanol–water partition coefficient (Wildman–Crippen LogP) is 5.09. The van der Waals surface area contributed by atoms with Crippen LogP contribution in [0.2, 0.25) is 0 Å². The molecular formula is C25H25N3O3S. The Labute approximate surface area is 191 Å². The Balaban J connectivity index is 1.57. The first kappa shape index (κ1) is 21.9. The van der Waals surface area contributed by atoms with E-state index >= 15 is 0 Å². The maximum atomic E-state index is 13.0. The number of fused-ring (bicyclic) bond motifs is 1. The number of anilines is 1. The lowest BCUT2D eigenvalue weighted by molar-refractivity contribution is -0.127. The van der Waals surface area contributed by atoms with Crippen molar-refractivity contribution in [2.45, 2.75) is 27.7 Å². The van der Waals surface area contributed by atoms with Crippen LogP contribution in [0.3, 0.4) is 0 Å². The van der Waals surface area contributed by atoms with E-state index in [2.05, 4.69) is 9.88 Å². The average Bonchev–Trinajstić information content (AvgIpc) is 3.14. The van der Waals surface area contributed by atoms with Crippen molar-refractivity contribution in [3.63, 3.8) is 0 Å². The topological polar surface area (TPSA) is 71.4 Å². The van der Waals surface area contributed by atoms with Gasteiger partial charge in [-0.15, -0.1) is 0 Å². The molecule has 3 aromatic rings. The van der Waals surface area contributed by atoms with Crippen LogP contribution in [0.25, 0.3) is 17.0 Å². The molecule has 0 unspecified atom stereocenters. The molecule has 2 aromatic carbocycles. The standard InChI is InChI=1S/C25H25N3O3S/c1-14-10-15(2)23(16(3)11-14)26-22(29)13-28-24(30)21(32-25(28)31)12-19-17(4)27(5)20-9-7-6-8-18(19)20/h6-12H,13H2,1-5H3,(H,26,29)/b21-12+.